The number of benzene rings is 1. The number of amides is 2. The first-order valence-electron chi connectivity index (χ1n) is 7.42. The highest BCUT2D eigenvalue weighted by molar-refractivity contribution is 6.31. The number of ether oxygens (including phenoxy) is 2. The Morgan fingerprint density at radius 2 is 2.00 bits per heavy atom. The van der Waals surface area contributed by atoms with Gasteiger partial charge in [-0.2, -0.15) is 9.29 Å². The number of carboxylic acids is 1. The smallest absolute Gasteiger partial charge is 0.420 e. The molecule has 0 aliphatic carbocycles. The minimum absolute atomic E-state index is 0.237. The highest BCUT2D eigenvalue weighted by atomic mass is 35.5. The lowest BCUT2D eigenvalue weighted by atomic mass is 10.0. The Bertz CT molecular complexity index is 838. The number of carbonyl (C=O) groups is 3. The first-order valence-corrected chi connectivity index (χ1v) is 7.80. The molecule has 10 nitrogen and oxygen atoms in total. The summed E-state index contributed by atoms with van der Waals surface area (Å²) < 4.78 is 23.7. The summed E-state index contributed by atoms with van der Waals surface area (Å²) in [7, 11) is 0. The molecule has 1 aliphatic rings. The summed E-state index contributed by atoms with van der Waals surface area (Å²) in [6, 6.07) is -0.321. The van der Waals surface area contributed by atoms with E-state index in [0.29, 0.717) is 6.07 Å². The topological polar surface area (TPSA) is 136 Å². The minimum atomic E-state index is -1.89. The highest BCUT2D eigenvalue weighted by Gasteiger charge is 2.52. The van der Waals surface area contributed by atoms with Gasteiger partial charge in [0, 0.05) is 11.6 Å². The number of rotatable bonds is 3. The van der Waals surface area contributed by atoms with Gasteiger partial charge in [0.05, 0.1) is 9.95 Å². The number of nitrogens with zero attached hydrogens (tertiary/aromatic N) is 2. The molecular weight excluding hydrogens is 391 g/mol. The summed E-state index contributed by atoms with van der Waals surface area (Å²) in [5, 5.41) is 19.7. The summed E-state index contributed by atoms with van der Waals surface area (Å²) >= 11 is 5.62. The van der Waals surface area contributed by atoms with Crippen LogP contribution in [0, 0.1) is 15.9 Å². The maximum absolute atomic E-state index is 13.8. The van der Waals surface area contributed by atoms with Crippen molar-refractivity contribution in [2.75, 3.05) is 0 Å². The number of nitro benzene ring substituents is 1. The molecule has 27 heavy (non-hydrogen) atoms. The second-order valence-electron chi connectivity index (χ2n) is 6.53. The van der Waals surface area contributed by atoms with Crippen LogP contribution in [0.1, 0.15) is 32.4 Å². The Balaban J connectivity index is 2.50. The fourth-order valence-corrected chi connectivity index (χ4v) is 2.58. The maximum Gasteiger partial charge on any atom is 0.420 e. The van der Waals surface area contributed by atoms with E-state index >= 15 is 0 Å². The monoisotopic (exact) mass is 404 g/mol. The van der Waals surface area contributed by atoms with Crippen LogP contribution in [-0.2, 0) is 14.3 Å². The van der Waals surface area contributed by atoms with Crippen LogP contribution in [0.15, 0.2) is 12.1 Å². The molecule has 0 spiro atoms. The molecule has 1 heterocycles. The van der Waals surface area contributed by atoms with Gasteiger partial charge in [-0.3, -0.25) is 10.1 Å². The molecule has 2 rings (SSSR count). The van der Waals surface area contributed by atoms with Crippen molar-refractivity contribution in [2.45, 2.75) is 38.5 Å². The van der Waals surface area contributed by atoms with Crippen LogP contribution in [0.2, 0.25) is 5.02 Å². The quantitative estimate of drug-likeness (QED) is 0.598. The average molecular weight is 405 g/mol. The van der Waals surface area contributed by atoms with Crippen LogP contribution >= 0.6 is 11.6 Å². The third-order valence-electron chi connectivity index (χ3n) is 3.39. The van der Waals surface area contributed by atoms with Gasteiger partial charge in [0.15, 0.2) is 12.1 Å². The average Bonchev–Trinajstić information content (AvgIpc) is 2.85. The van der Waals surface area contributed by atoms with Gasteiger partial charge in [0.25, 0.3) is 0 Å². The van der Waals surface area contributed by atoms with E-state index in [1.807, 2.05) is 0 Å². The van der Waals surface area contributed by atoms with Gasteiger partial charge in [-0.1, -0.05) is 11.6 Å². The van der Waals surface area contributed by atoms with Gasteiger partial charge in [-0.15, -0.1) is 0 Å². The normalized spacial score (nSPS) is 19.6. The van der Waals surface area contributed by atoms with Gasteiger partial charge in [0.2, 0.25) is 5.82 Å². The molecule has 0 aromatic heterocycles. The molecule has 0 bridgehead atoms. The van der Waals surface area contributed by atoms with Crippen LogP contribution in [-0.4, -0.2) is 44.7 Å². The molecule has 0 unspecified atom stereocenters. The van der Waals surface area contributed by atoms with Gasteiger partial charge in [0.1, 0.15) is 5.60 Å². The number of halogens is 2. The predicted molar refractivity (Wildman–Crippen MR) is 86.8 cm³/mol. The van der Waals surface area contributed by atoms with Gasteiger partial charge >= 0.3 is 23.8 Å². The van der Waals surface area contributed by atoms with E-state index in [2.05, 4.69) is 0 Å². The Morgan fingerprint density at radius 1 is 1.41 bits per heavy atom. The lowest BCUT2D eigenvalue weighted by molar-refractivity contribution is -0.387. The van der Waals surface area contributed by atoms with E-state index in [0.717, 1.165) is 6.07 Å². The highest BCUT2D eigenvalue weighted by Crippen LogP contribution is 2.38. The second kappa shape index (κ2) is 6.99. The van der Waals surface area contributed by atoms with E-state index in [1.165, 1.54) is 20.8 Å². The summed E-state index contributed by atoms with van der Waals surface area (Å²) in [5.74, 6) is -2.97. The number of hydrogen-bond donors (Lipinski definition) is 1. The zero-order chi connectivity index (χ0) is 20.7. The largest absolute Gasteiger partial charge is 0.480 e. The molecule has 1 saturated heterocycles. The summed E-state index contributed by atoms with van der Waals surface area (Å²) in [6.45, 7) is 4.51. The first kappa shape index (κ1) is 20.4. The molecule has 12 heteroatoms. The summed E-state index contributed by atoms with van der Waals surface area (Å²) in [4.78, 5) is 46.1. The zero-order valence-corrected chi connectivity index (χ0v) is 15.0. The van der Waals surface area contributed by atoms with Crippen molar-refractivity contribution >= 4 is 35.4 Å². The molecular formula is C15H14ClFN2O8. The van der Waals surface area contributed by atoms with E-state index in [1.54, 1.807) is 0 Å². The molecule has 2 amide bonds. The van der Waals surface area contributed by atoms with Crippen molar-refractivity contribution < 1.29 is 38.3 Å². The number of imide groups is 1. The second-order valence-corrected chi connectivity index (χ2v) is 6.94. The van der Waals surface area contributed by atoms with E-state index in [-0.39, 0.29) is 10.5 Å². The molecule has 0 saturated carbocycles. The van der Waals surface area contributed by atoms with E-state index < -0.39 is 57.4 Å². The standard InChI is InChI=1S/C15H14ClFN2O8/c1-15(2,3)27-14(23)18-10(12(20)21)11(26-13(18)22)6-4-7(16)9(17)8(5-6)19(24)25/h4-5,10-11H,1-3H3,(H,20,21)/t10-,11+/m0/s1. The minimum Gasteiger partial charge on any atom is -0.480 e. The number of cyclic esters (lactones) is 1. The van der Waals surface area contributed by atoms with Gasteiger partial charge in [-0.25, -0.2) is 14.4 Å². The van der Waals surface area contributed by atoms with Crippen molar-refractivity contribution in [3.8, 4) is 0 Å². The Labute approximate surface area is 156 Å². The van der Waals surface area contributed by atoms with Crippen molar-refractivity contribution in [2.24, 2.45) is 0 Å². The third-order valence-corrected chi connectivity index (χ3v) is 3.66. The van der Waals surface area contributed by atoms with Crippen molar-refractivity contribution in [3.05, 3.63) is 38.7 Å². The molecule has 146 valence electrons. The maximum atomic E-state index is 13.8. The molecule has 1 N–H and O–H groups in total. The summed E-state index contributed by atoms with van der Waals surface area (Å²) in [6.07, 6.45) is -4.26. The molecule has 2 atom stereocenters. The van der Waals surface area contributed by atoms with E-state index in [4.69, 9.17) is 21.1 Å². The Hall–Kier alpha value is -2.95. The van der Waals surface area contributed by atoms with Gasteiger partial charge in [-0.05, 0) is 26.8 Å². The number of nitro groups is 1. The van der Waals surface area contributed by atoms with Crippen LogP contribution < -0.4 is 0 Å². The molecule has 1 aromatic carbocycles. The molecule has 1 aliphatic heterocycles. The van der Waals surface area contributed by atoms with Crippen LogP contribution in [0.5, 0.6) is 0 Å². The van der Waals surface area contributed by atoms with Crippen molar-refractivity contribution in [1.82, 2.24) is 4.90 Å². The summed E-state index contributed by atoms with van der Waals surface area (Å²) in [5.41, 5.74) is -2.33. The zero-order valence-electron chi connectivity index (χ0n) is 14.3. The van der Waals surface area contributed by atoms with Crippen LogP contribution in [0.25, 0.3) is 0 Å². The number of carboxylic acid groups (broad SMARTS) is 1. The van der Waals surface area contributed by atoms with Gasteiger partial charge < -0.3 is 14.6 Å². The molecule has 1 aromatic rings. The Morgan fingerprint density at radius 3 is 2.48 bits per heavy atom. The number of hydrogen-bond acceptors (Lipinski definition) is 7. The van der Waals surface area contributed by atoms with Crippen LogP contribution in [0.3, 0.4) is 0 Å². The first-order chi connectivity index (χ1) is 12.3. The molecule has 0 radical (unpaired) electrons. The predicted octanol–water partition coefficient (Wildman–Crippen LogP) is 3.27. The third kappa shape index (κ3) is 4.08. The fraction of sp³-hybridized carbons (Fsp3) is 0.400. The SMILES string of the molecule is CC(C)(C)OC(=O)N1C(=O)O[C@H](c2cc(Cl)c(F)c([N+](=O)[O-])c2)[C@H]1C(=O)O. The van der Waals surface area contributed by atoms with Crippen molar-refractivity contribution in [1.29, 1.82) is 0 Å². The number of aliphatic carboxylic acids is 1. The Kier molecular flexibility index (Phi) is 5.27. The van der Waals surface area contributed by atoms with Crippen LogP contribution in [0.4, 0.5) is 19.7 Å². The number of carbonyl (C=O) groups excluding carboxylic acids is 2. The lowest BCUT2D eigenvalue weighted by Crippen LogP contribution is -2.46. The lowest BCUT2D eigenvalue weighted by Gasteiger charge is -2.24. The van der Waals surface area contributed by atoms with E-state index in [9.17, 15) is 34.0 Å². The van der Waals surface area contributed by atoms with Crippen molar-refractivity contribution in [3.63, 3.8) is 0 Å². The molecule has 1 fully saturated rings. The fourth-order valence-electron chi connectivity index (χ4n) is 2.36.